The minimum atomic E-state index is -0.685. The third-order valence-corrected chi connectivity index (χ3v) is 2.35. The number of halogens is 1. The van der Waals surface area contributed by atoms with Crippen molar-refractivity contribution in [1.29, 1.82) is 0 Å². The maximum Gasteiger partial charge on any atom is 0.374 e. The summed E-state index contributed by atoms with van der Waals surface area (Å²) in [5.41, 5.74) is 1.66. The van der Waals surface area contributed by atoms with Crippen molar-refractivity contribution < 1.29 is 9.66 Å². The molecule has 0 radical (unpaired) electrons. The van der Waals surface area contributed by atoms with Gasteiger partial charge >= 0.3 is 11.6 Å². The molecule has 2 aromatic rings. The van der Waals surface area contributed by atoms with E-state index >= 15 is 0 Å². The molecule has 0 aliphatic rings. The number of ether oxygens (including phenoxy) is 1. The normalized spacial score (nSPS) is 10.0. The Kier molecular flexibility index (Phi) is 3.74. The van der Waals surface area contributed by atoms with E-state index in [0.717, 1.165) is 6.33 Å². The van der Waals surface area contributed by atoms with Gasteiger partial charge in [0, 0.05) is 5.02 Å². The maximum absolute atomic E-state index is 11.0. The summed E-state index contributed by atoms with van der Waals surface area (Å²) in [6, 6.07) is 6.39. The molecule has 0 bridgehead atoms. The number of benzene rings is 1. The summed E-state index contributed by atoms with van der Waals surface area (Å²) in [5, 5.41) is 11.4. The Morgan fingerprint density at radius 3 is 2.84 bits per heavy atom. The lowest BCUT2D eigenvalue weighted by molar-refractivity contribution is -0.385. The number of hydrogen-bond donors (Lipinski definition) is 2. The fourth-order valence-electron chi connectivity index (χ4n) is 1.35. The first-order chi connectivity index (χ1) is 9.11. The van der Waals surface area contributed by atoms with Gasteiger partial charge in [-0.15, -0.1) is 0 Å². The van der Waals surface area contributed by atoms with Crippen molar-refractivity contribution in [1.82, 2.24) is 9.97 Å². The molecule has 0 saturated carbocycles. The van der Waals surface area contributed by atoms with E-state index in [2.05, 4.69) is 15.4 Å². The van der Waals surface area contributed by atoms with Crippen LogP contribution in [0.25, 0.3) is 0 Å². The summed E-state index contributed by atoms with van der Waals surface area (Å²) < 4.78 is 5.32. The minimum Gasteiger partial charge on any atom is -0.433 e. The molecule has 0 fully saturated rings. The number of hydrogen-bond acceptors (Lipinski definition) is 7. The largest absolute Gasteiger partial charge is 0.433 e. The van der Waals surface area contributed by atoms with E-state index in [-0.39, 0.29) is 11.7 Å². The van der Waals surface area contributed by atoms with Gasteiger partial charge in [0.1, 0.15) is 12.1 Å². The van der Waals surface area contributed by atoms with E-state index < -0.39 is 10.6 Å². The zero-order valence-corrected chi connectivity index (χ0v) is 10.2. The van der Waals surface area contributed by atoms with Crippen molar-refractivity contribution in [2.75, 3.05) is 5.43 Å². The first kappa shape index (κ1) is 13.0. The van der Waals surface area contributed by atoms with Gasteiger partial charge in [-0.2, -0.15) is 4.98 Å². The molecule has 0 aliphatic carbocycles. The van der Waals surface area contributed by atoms with E-state index in [4.69, 9.17) is 22.2 Å². The van der Waals surface area contributed by atoms with Gasteiger partial charge < -0.3 is 10.2 Å². The average molecular weight is 282 g/mol. The van der Waals surface area contributed by atoms with Crippen molar-refractivity contribution in [2.45, 2.75) is 0 Å². The van der Waals surface area contributed by atoms with Gasteiger partial charge in [-0.3, -0.25) is 10.1 Å². The Labute approximate surface area is 112 Å². The number of nitrogens with two attached hydrogens (primary N) is 1. The Balaban J connectivity index is 2.42. The zero-order chi connectivity index (χ0) is 13.8. The second kappa shape index (κ2) is 5.46. The SMILES string of the molecule is NNc1ncnc(Oc2cccc(Cl)c2)c1[N+](=O)[O-]. The molecule has 0 saturated heterocycles. The maximum atomic E-state index is 11.0. The smallest absolute Gasteiger partial charge is 0.374 e. The summed E-state index contributed by atoms with van der Waals surface area (Å²) in [6.07, 6.45) is 1.10. The summed E-state index contributed by atoms with van der Waals surface area (Å²) in [4.78, 5) is 17.7. The number of nitrogens with zero attached hydrogens (tertiary/aromatic N) is 3. The fraction of sp³-hybridized carbons (Fsp3) is 0. The molecule has 1 aromatic heterocycles. The van der Waals surface area contributed by atoms with Crippen LogP contribution in [0.4, 0.5) is 11.5 Å². The van der Waals surface area contributed by atoms with Crippen LogP contribution in [0.1, 0.15) is 0 Å². The number of aromatic nitrogens is 2. The molecule has 8 nitrogen and oxygen atoms in total. The molecule has 1 aromatic carbocycles. The summed E-state index contributed by atoms with van der Waals surface area (Å²) in [6.45, 7) is 0. The molecule has 98 valence electrons. The summed E-state index contributed by atoms with van der Waals surface area (Å²) in [5.74, 6) is 5.10. The van der Waals surface area contributed by atoms with Crippen LogP contribution in [0, 0.1) is 10.1 Å². The number of nitrogens with one attached hydrogen (secondary N) is 1. The van der Waals surface area contributed by atoms with E-state index in [0.29, 0.717) is 10.8 Å². The Hall–Kier alpha value is -2.45. The zero-order valence-electron chi connectivity index (χ0n) is 9.41. The molecule has 3 N–H and O–H groups in total. The topological polar surface area (TPSA) is 116 Å². The van der Waals surface area contributed by atoms with Gasteiger partial charge in [-0.1, -0.05) is 17.7 Å². The molecule has 9 heteroatoms. The van der Waals surface area contributed by atoms with Crippen LogP contribution in [0.3, 0.4) is 0 Å². The number of anilines is 1. The third-order valence-electron chi connectivity index (χ3n) is 2.12. The molecular formula is C10H8ClN5O3. The third kappa shape index (κ3) is 2.87. The average Bonchev–Trinajstić information content (AvgIpc) is 2.38. The molecule has 0 atom stereocenters. The van der Waals surface area contributed by atoms with Gasteiger partial charge in [-0.05, 0) is 18.2 Å². The van der Waals surface area contributed by atoms with Gasteiger partial charge in [0.25, 0.3) is 0 Å². The summed E-state index contributed by atoms with van der Waals surface area (Å²) in [7, 11) is 0. The standard InChI is InChI=1S/C10H8ClN5O3/c11-6-2-1-3-7(4-6)19-10-8(16(17)18)9(15-12)13-5-14-10/h1-5H,12H2,(H,13,14,15). The van der Waals surface area contributed by atoms with Crippen LogP contribution in [0.2, 0.25) is 5.02 Å². The first-order valence-corrected chi connectivity index (χ1v) is 5.39. The number of nitro groups is 1. The van der Waals surface area contributed by atoms with Crippen molar-refractivity contribution in [3.8, 4) is 11.6 Å². The lowest BCUT2D eigenvalue weighted by atomic mass is 10.3. The van der Waals surface area contributed by atoms with E-state index in [1.54, 1.807) is 18.2 Å². The van der Waals surface area contributed by atoms with E-state index in [1.165, 1.54) is 6.07 Å². The second-order valence-corrected chi connectivity index (χ2v) is 3.77. The van der Waals surface area contributed by atoms with E-state index in [9.17, 15) is 10.1 Å². The van der Waals surface area contributed by atoms with Gasteiger partial charge in [0.05, 0.1) is 4.92 Å². The van der Waals surface area contributed by atoms with Crippen LogP contribution < -0.4 is 16.0 Å². The lowest BCUT2D eigenvalue weighted by Crippen LogP contribution is -2.12. The van der Waals surface area contributed by atoms with E-state index in [1.807, 2.05) is 0 Å². The molecule has 19 heavy (non-hydrogen) atoms. The lowest BCUT2D eigenvalue weighted by Gasteiger charge is -2.07. The molecule has 0 spiro atoms. The van der Waals surface area contributed by atoms with Crippen molar-refractivity contribution >= 4 is 23.1 Å². The summed E-state index contributed by atoms with van der Waals surface area (Å²) >= 11 is 5.79. The highest BCUT2D eigenvalue weighted by molar-refractivity contribution is 6.30. The Bertz CT molecular complexity index is 622. The predicted octanol–water partition coefficient (Wildman–Crippen LogP) is 2.12. The van der Waals surface area contributed by atoms with Crippen LogP contribution in [0.5, 0.6) is 11.6 Å². The fourth-order valence-corrected chi connectivity index (χ4v) is 1.53. The Morgan fingerprint density at radius 1 is 1.42 bits per heavy atom. The number of rotatable bonds is 4. The monoisotopic (exact) mass is 281 g/mol. The van der Waals surface area contributed by atoms with Gasteiger partial charge in [0.2, 0.25) is 5.82 Å². The predicted molar refractivity (Wildman–Crippen MR) is 68.0 cm³/mol. The molecule has 0 aliphatic heterocycles. The second-order valence-electron chi connectivity index (χ2n) is 3.34. The van der Waals surface area contributed by atoms with Gasteiger partial charge in [-0.25, -0.2) is 10.8 Å². The van der Waals surface area contributed by atoms with Gasteiger partial charge in [0.15, 0.2) is 0 Å². The molecule has 0 amide bonds. The molecule has 2 rings (SSSR count). The highest BCUT2D eigenvalue weighted by Gasteiger charge is 2.24. The van der Waals surface area contributed by atoms with Crippen LogP contribution in [-0.4, -0.2) is 14.9 Å². The molecule has 0 unspecified atom stereocenters. The van der Waals surface area contributed by atoms with Crippen molar-refractivity contribution in [3.63, 3.8) is 0 Å². The van der Waals surface area contributed by atoms with Crippen LogP contribution >= 0.6 is 11.6 Å². The van der Waals surface area contributed by atoms with Crippen molar-refractivity contribution in [2.24, 2.45) is 5.84 Å². The van der Waals surface area contributed by atoms with Crippen LogP contribution in [-0.2, 0) is 0 Å². The van der Waals surface area contributed by atoms with Crippen LogP contribution in [0.15, 0.2) is 30.6 Å². The Morgan fingerprint density at radius 2 is 2.21 bits per heavy atom. The minimum absolute atomic E-state index is 0.142. The highest BCUT2D eigenvalue weighted by atomic mass is 35.5. The van der Waals surface area contributed by atoms with Crippen molar-refractivity contribution in [3.05, 3.63) is 45.7 Å². The highest BCUT2D eigenvalue weighted by Crippen LogP contribution is 2.33. The number of hydrazine groups is 1. The number of nitrogen functional groups attached to an aromatic ring is 1. The first-order valence-electron chi connectivity index (χ1n) is 5.01. The quantitative estimate of drug-likeness (QED) is 0.501. The molecule has 1 heterocycles. The molecular weight excluding hydrogens is 274 g/mol.